The minimum absolute atomic E-state index is 0.239. The van der Waals surface area contributed by atoms with E-state index in [-0.39, 0.29) is 6.42 Å². The molecule has 26 heavy (non-hydrogen) atoms. The van der Waals surface area contributed by atoms with Gasteiger partial charge in [-0.2, -0.15) is 0 Å². The lowest BCUT2D eigenvalue weighted by Gasteiger charge is -1.99. The molecule has 146 valence electrons. The van der Waals surface area contributed by atoms with Gasteiger partial charge < -0.3 is 4.74 Å². The van der Waals surface area contributed by atoms with Crippen LogP contribution >= 0.6 is 0 Å². The molecule has 0 aromatic carbocycles. The monoisotopic (exact) mass is 360 g/mol. The van der Waals surface area contributed by atoms with Crippen molar-refractivity contribution in [3.63, 3.8) is 0 Å². The smallest absolute Gasteiger partial charge is 0.313 e. The largest absolute Gasteiger partial charge is 0.393 e. The molecule has 0 spiro atoms. The van der Waals surface area contributed by atoms with Gasteiger partial charge in [0, 0.05) is 12.8 Å². The molecule has 0 fully saturated rings. The van der Waals surface area contributed by atoms with Crippen LogP contribution in [-0.4, -0.2) is 11.9 Å². The predicted molar refractivity (Wildman–Crippen MR) is 110 cm³/mol. The Hall–Kier alpha value is -1.90. The Labute approximate surface area is 159 Å². The van der Waals surface area contributed by atoms with Crippen molar-refractivity contribution < 1.29 is 14.3 Å². The first kappa shape index (κ1) is 24.1. The van der Waals surface area contributed by atoms with Gasteiger partial charge in [0.25, 0.3) is 0 Å². The van der Waals surface area contributed by atoms with E-state index in [9.17, 15) is 9.59 Å². The van der Waals surface area contributed by atoms with Crippen molar-refractivity contribution >= 4 is 11.9 Å². The number of carbonyl (C=O) groups is 2. The molecule has 3 heteroatoms. The highest BCUT2D eigenvalue weighted by molar-refractivity contribution is 5.85. The third-order valence-electron chi connectivity index (χ3n) is 3.73. The summed E-state index contributed by atoms with van der Waals surface area (Å²) in [4.78, 5) is 22.2. The summed E-state index contributed by atoms with van der Waals surface area (Å²) < 4.78 is 4.60. The number of unbranched alkanes of at least 4 members (excludes halogenated alkanes) is 4. The third kappa shape index (κ3) is 18.4. The Kier molecular flexibility index (Phi) is 18.0. The summed E-state index contributed by atoms with van der Waals surface area (Å²) in [6.45, 7) is 3.90. The Morgan fingerprint density at radius 1 is 0.654 bits per heavy atom. The molecular formula is C23H36O3. The van der Waals surface area contributed by atoms with E-state index in [0.717, 1.165) is 25.7 Å². The second-order valence-electron chi connectivity index (χ2n) is 6.18. The summed E-state index contributed by atoms with van der Waals surface area (Å²) in [6.07, 6.45) is 27.5. The standard InChI is InChI=1S/C23H36O3/c1-3-5-6-7-8-9-10-11-12-13-14-15-16-17-18-19-20-21-23(25)26-22(24)4-2/h8-9,11-12,14-15,17-18H,3-7,10,13,16,19-21H2,1-2H3. The van der Waals surface area contributed by atoms with Gasteiger partial charge in [-0.25, -0.2) is 0 Å². The average molecular weight is 361 g/mol. The average Bonchev–Trinajstić information content (AvgIpc) is 2.64. The lowest BCUT2D eigenvalue weighted by Crippen LogP contribution is -2.10. The molecule has 0 atom stereocenters. The molecule has 0 aromatic heterocycles. The summed E-state index contributed by atoms with van der Waals surface area (Å²) in [5.41, 5.74) is 0. The predicted octanol–water partition coefficient (Wildman–Crippen LogP) is 6.61. The molecule has 0 bridgehead atoms. The minimum Gasteiger partial charge on any atom is -0.393 e. The first-order valence-corrected chi connectivity index (χ1v) is 10.0. The van der Waals surface area contributed by atoms with Crippen molar-refractivity contribution in [2.75, 3.05) is 0 Å². The van der Waals surface area contributed by atoms with Crippen molar-refractivity contribution in [1.82, 2.24) is 0 Å². The van der Waals surface area contributed by atoms with Crippen LogP contribution in [-0.2, 0) is 14.3 Å². The molecule has 0 aromatic rings. The maximum Gasteiger partial charge on any atom is 0.313 e. The van der Waals surface area contributed by atoms with Crippen LogP contribution in [0.25, 0.3) is 0 Å². The summed E-state index contributed by atoms with van der Waals surface area (Å²) in [6, 6.07) is 0. The van der Waals surface area contributed by atoms with Gasteiger partial charge in [0.1, 0.15) is 0 Å². The zero-order chi connectivity index (χ0) is 19.3. The van der Waals surface area contributed by atoms with E-state index >= 15 is 0 Å². The van der Waals surface area contributed by atoms with Crippen LogP contribution in [0.15, 0.2) is 48.6 Å². The number of hydrogen-bond donors (Lipinski definition) is 0. The molecule has 0 aliphatic carbocycles. The summed E-state index contributed by atoms with van der Waals surface area (Å²) in [5.74, 6) is -0.875. The van der Waals surface area contributed by atoms with Gasteiger partial charge >= 0.3 is 11.9 Å². The molecule has 0 aliphatic rings. The lowest BCUT2D eigenvalue weighted by molar-refractivity contribution is -0.159. The van der Waals surface area contributed by atoms with Crippen molar-refractivity contribution in [2.24, 2.45) is 0 Å². The fraction of sp³-hybridized carbons (Fsp3) is 0.565. The molecule has 0 saturated heterocycles. The van der Waals surface area contributed by atoms with Gasteiger partial charge in [-0.3, -0.25) is 9.59 Å². The van der Waals surface area contributed by atoms with Crippen molar-refractivity contribution in [2.45, 2.75) is 84.5 Å². The van der Waals surface area contributed by atoms with Crippen LogP contribution in [0.2, 0.25) is 0 Å². The third-order valence-corrected chi connectivity index (χ3v) is 3.73. The van der Waals surface area contributed by atoms with E-state index < -0.39 is 11.9 Å². The fourth-order valence-corrected chi connectivity index (χ4v) is 2.18. The molecule has 0 radical (unpaired) electrons. The van der Waals surface area contributed by atoms with Gasteiger partial charge in [0.05, 0.1) is 0 Å². The second-order valence-corrected chi connectivity index (χ2v) is 6.18. The van der Waals surface area contributed by atoms with Crippen LogP contribution < -0.4 is 0 Å². The van der Waals surface area contributed by atoms with Crippen LogP contribution in [0.1, 0.15) is 84.5 Å². The van der Waals surface area contributed by atoms with Crippen LogP contribution in [0.5, 0.6) is 0 Å². The zero-order valence-electron chi connectivity index (χ0n) is 16.6. The minimum atomic E-state index is -0.451. The normalized spacial score (nSPS) is 12.1. The molecule has 3 nitrogen and oxygen atoms in total. The zero-order valence-corrected chi connectivity index (χ0v) is 16.6. The number of allylic oxidation sites excluding steroid dienone is 8. The highest BCUT2D eigenvalue weighted by Crippen LogP contribution is 2.02. The van der Waals surface area contributed by atoms with Gasteiger partial charge in [-0.05, 0) is 44.9 Å². The lowest BCUT2D eigenvalue weighted by atomic mass is 10.2. The Morgan fingerprint density at radius 2 is 1.15 bits per heavy atom. The molecule has 0 unspecified atom stereocenters. The Balaban J connectivity index is 3.51. The highest BCUT2D eigenvalue weighted by atomic mass is 16.6. The highest BCUT2D eigenvalue weighted by Gasteiger charge is 2.06. The van der Waals surface area contributed by atoms with E-state index in [1.165, 1.54) is 25.7 Å². The first-order chi connectivity index (χ1) is 12.7. The van der Waals surface area contributed by atoms with Gasteiger partial charge in [0.15, 0.2) is 0 Å². The Bertz CT molecular complexity index is 470. The molecule has 0 amide bonds. The van der Waals surface area contributed by atoms with Crippen LogP contribution in [0.3, 0.4) is 0 Å². The number of esters is 2. The summed E-state index contributed by atoms with van der Waals surface area (Å²) in [7, 11) is 0. The SMILES string of the molecule is CCCCCC=CCC=CCC=CCC=CCCCC(=O)OC(=O)CC. The molecule has 0 saturated carbocycles. The van der Waals surface area contributed by atoms with E-state index in [2.05, 4.69) is 60.3 Å². The quantitative estimate of drug-likeness (QED) is 0.143. The summed E-state index contributed by atoms with van der Waals surface area (Å²) >= 11 is 0. The van der Waals surface area contributed by atoms with Crippen molar-refractivity contribution in [1.29, 1.82) is 0 Å². The van der Waals surface area contributed by atoms with E-state index in [1.807, 2.05) is 0 Å². The molecule has 0 N–H and O–H groups in total. The van der Waals surface area contributed by atoms with Gasteiger partial charge in [-0.1, -0.05) is 75.3 Å². The first-order valence-electron chi connectivity index (χ1n) is 10.0. The van der Waals surface area contributed by atoms with E-state index in [4.69, 9.17) is 0 Å². The Morgan fingerprint density at radius 3 is 1.65 bits per heavy atom. The van der Waals surface area contributed by atoms with Crippen LogP contribution in [0, 0.1) is 0 Å². The van der Waals surface area contributed by atoms with Gasteiger partial charge in [-0.15, -0.1) is 0 Å². The van der Waals surface area contributed by atoms with Crippen LogP contribution in [0.4, 0.5) is 0 Å². The number of rotatable bonds is 15. The molecule has 0 rings (SSSR count). The fourth-order valence-electron chi connectivity index (χ4n) is 2.18. The molecule has 0 heterocycles. The molecule has 0 aliphatic heterocycles. The topological polar surface area (TPSA) is 43.4 Å². The van der Waals surface area contributed by atoms with Crippen molar-refractivity contribution in [3.8, 4) is 0 Å². The van der Waals surface area contributed by atoms with E-state index in [0.29, 0.717) is 12.8 Å². The number of hydrogen-bond acceptors (Lipinski definition) is 3. The van der Waals surface area contributed by atoms with Crippen molar-refractivity contribution in [3.05, 3.63) is 48.6 Å². The molecular weight excluding hydrogens is 324 g/mol. The number of carbonyl (C=O) groups excluding carboxylic acids is 2. The van der Waals surface area contributed by atoms with Gasteiger partial charge in [0.2, 0.25) is 0 Å². The van der Waals surface area contributed by atoms with E-state index in [1.54, 1.807) is 6.92 Å². The maximum absolute atomic E-state index is 11.3. The second kappa shape index (κ2) is 19.4. The maximum atomic E-state index is 11.3. The summed E-state index contributed by atoms with van der Waals surface area (Å²) in [5, 5.41) is 0. The number of ether oxygens (including phenoxy) is 1.